The van der Waals surface area contributed by atoms with Gasteiger partial charge >= 0.3 is 0 Å². The quantitative estimate of drug-likeness (QED) is 0.253. The number of nitrogens with zero attached hydrogens (tertiary/aromatic N) is 2. The van der Waals surface area contributed by atoms with Gasteiger partial charge in [0, 0.05) is 33.1 Å². The molecule has 3 aromatic heterocycles. The Morgan fingerprint density at radius 1 is 1.30 bits per heavy atom. The molecule has 0 radical (unpaired) electrons. The average Bonchev–Trinajstić information content (AvgIpc) is 3.65. The molecule has 0 saturated heterocycles. The number of anilines is 1. The van der Waals surface area contributed by atoms with E-state index in [1.165, 1.54) is 24.5 Å². The van der Waals surface area contributed by atoms with Crippen molar-refractivity contribution in [3.63, 3.8) is 0 Å². The highest BCUT2D eigenvalue weighted by Gasteiger charge is 2.39. The van der Waals surface area contributed by atoms with Gasteiger partial charge in [0.05, 0.1) is 28.6 Å². The van der Waals surface area contributed by atoms with Crippen LogP contribution in [-0.2, 0) is 15.6 Å². The number of aliphatic hydroxyl groups excluding tert-OH is 1. The zero-order valence-electron chi connectivity index (χ0n) is 19.6. The van der Waals surface area contributed by atoms with Gasteiger partial charge in [-0.1, -0.05) is 29.8 Å². The number of pyridine rings is 2. The van der Waals surface area contributed by atoms with Gasteiger partial charge in [0.15, 0.2) is 11.6 Å². The molecule has 2 unspecified atom stereocenters. The predicted octanol–water partition coefficient (Wildman–Crippen LogP) is 4.10. The van der Waals surface area contributed by atoms with E-state index in [4.69, 9.17) is 17.3 Å². The Kier molecular flexibility index (Phi) is 6.71. The second kappa shape index (κ2) is 9.57. The van der Waals surface area contributed by atoms with Crippen molar-refractivity contribution in [2.45, 2.75) is 36.7 Å². The lowest BCUT2D eigenvalue weighted by Crippen LogP contribution is -2.32. The lowest BCUT2D eigenvalue weighted by molar-refractivity contribution is -0.00230. The summed E-state index contributed by atoms with van der Waals surface area (Å²) in [6.07, 6.45) is 3.82. The molecule has 2 atom stereocenters. The molecule has 3 heterocycles. The fourth-order valence-corrected chi connectivity index (χ4v) is 7.17. The molecule has 0 aliphatic heterocycles. The summed E-state index contributed by atoms with van der Waals surface area (Å²) in [5.74, 6) is -1.26. The normalized spacial score (nSPS) is 16.6. The second-order valence-electron chi connectivity index (χ2n) is 9.25. The van der Waals surface area contributed by atoms with Crippen LogP contribution in [-0.4, -0.2) is 40.5 Å². The number of fused-ring (bicyclic) bond motifs is 1. The number of halogens is 2. The summed E-state index contributed by atoms with van der Waals surface area (Å²) in [5, 5.41) is 20.3. The molecule has 12 heteroatoms. The highest BCUT2D eigenvalue weighted by atomic mass is 35.5. The fraction of sp³-hybridized carbons (Fsp3) is 0.280. The van der Waals surface area contributed by atoms with Crippen LogP contribution in [0.25, 0.3) is 21.3 Å². The third-order valence-corrected chi connectivity index (χ3v) is 9.85. The van der Waals surface area contributed by atoms with E-state index in [1.807, 2.05) is 18.2 Å². The number of rotatable bonds is 8. The standard InChI is InChI=1S/C25H24ClFN4O4S2/c1-25(33,12-32)14-7-8-29-18(10-14)16-4-2-3-13-9-19(36-23(13)16)22(31-37(34,35)15-5-6-15)20-17(26)11-30-24(28)21(20)27/h2-4,7-11,15,22,31-33H,5-6,12H2,1H3,(H2,28,30). The van der Waals surface area contributed by atoms with E-state index in [2.05, 4.69) is 14.7 Å². The minimum atomic E-state index is -3.75. The first-order valence-corrected chi connectivity index (χ1v) is 14.2. The number of aliphatic hydroxyl groups is 2. The number of nitrogen functional groups attached to an aromatic ring is 1. The molecule has 0 amide bonds. The van der Waals surface area contributed by atoms with Gasteiger partial charge in [0.25, 0.3) is 0 Å². The van der Waals surface area contributed by atoms with Crippen LogP contribution in [0.15, 0.2) is 48.8 Å². The Hall–Kier alpha value is -2.67. The first-order valence-electron chi connectivity index (χ1n) is 11.4. The largest absolute Gasteiger partial charge is 0.393 e. The fourth-order valence-electron chi connectivity index (χ4n) is 4.09. The minimum Gasteiger partial charge on any atom is -0.393 e. The van der Waals surface area contributed by atoms with Crippen LogP contribution in [0.5, 0.6) is 0 Å². The molecular formula is C25H24ClFN4O4S2. The van der Waals surface area contributed by atoms with Crippen LogP contribution in [0.4, 0.5) is 10.2 Å². The average molecular weight is 563 g/mol. The van der Waals surface area contributed by atoms with Crippen LogP contribution < -0.4 is 10.5 Å². The van der Waals surface area contributed by atoms with Crippen LogP contribution in [0.3, 0.4) is 0 Å². The summed E-state index contributed by atoms with van der Waals surface area (Å²) in [6.45, 7) is 1.04. The number of sulfonamides is 1. The highest BCUT2D eigenvalue weighted by molar-refractivity contribution is 7.90. The topological polar surface area (TPSA) is 138 Å². The maximum atomic E-state index is 15.2. The van der Waals surface area contributed by atoms with E-state index in [0.29, 0.717) is 29.0 Å². The number of aromatic nitrogens is 2. The highest BCUT2D eigenvalue weighted by Crippen LogP contribution is 2.42. The summed E-state index contributed by atoms with van der Waals surface area (Å²) < 4.78 is 44.5. The molecule has 1 aromatic carbocycles. The summed E-state index contributed by atoms with van der Waals surface area (Å²) in [7, 11) is -3.75. The molecule has 5 N–H and O–H groups in total. The smallest absolute Gasteiger partial charge is 0.215 e. The third kappa shape index (κ3) is 4.95. The summed E-state index contributed by atoms with van der Waals surface area (Å²) in [4.78, 5) is 8.70. The Balaban J connectivity index is 1.67. The van der Waals surface area contributed by atoms with E-state index in [-0.39, 0.29) is 16.4 Å². The van der Waals surface area contributed by atoms with Crippen LogP contribution in [0, 0.1) is 5.82 Å². The molecule has 1 aliphatic rings. The van der Waals surface area contributed by atoms with Gasteiger partial charge in [-0.05, 0) is 48.9 Å². The van der Waals surface area contributed by atoms with E-state index < -0.39 is 39.3 Å². The van der Waals surface area contributed by atoms with Crippen LogP contribution in [0.2, 0.25) is 5.02 Å². The summed E-state index contributed by atoms with van der Waals surface area (Å²) >= 11 is 7.60. The van der Waals surface area contributed by atoms with Crippen molar-refractivity contribution in [2.75, 3.05) is 12.3 Å². The summed E-state index contributed by atoms with van der Waals surface area (Å²) in [6, 6.07) is 9.51. The number of nitrogens with one attached hydrogen (secondary N) is 1. The van der Waals surface area contributed by atoms with E-state index >= 15 is 4.39 Å². The number of benzene rings is 1. The summed E-state index contributed by atoms with van der Waals surface area (Å²) in [5.41, 5.74) is 5.94. The van der Waals surface area contributed by atoms with Gasteiger partial charge in [-0.15, -0.1) is 11.3 Å². The zero-order chi connectivity index (χ0) is 26.5. The third-order valence-electron chi connectivity index (χ3n) is 6.38. The van der Waals surface area contributed by atoms with Gasteiger partial charge in [0.1, 0.15) is 5.60 Å². The van der Waals surface area contributed by atoms with Crippen molar-refractivity contribution in [1.82, 2.24) is 14.7 Å². The van der Waals surface area contributed by atoms with Crippen molar-refractivity contribution in [2.24, 2.45) is 0 Å². The van der Waals surface area contributed by atoms with Gasteiger partial charge in [-0.25, -0.2) is 22.5 Å². The SMILES string of the molecule is CC(O)(CO)c1ccnc(-c2cccc3cc(C(NS(=O)(=O)C4CC4)c4c(Cl)cnc(N)c4F)sc23)c1. The molecule has 8 nitrogen and oxygen atoms in total. The predicted molar refractivity (Wildman–Crippen MR) is 142 cm³/mol. The van der Waals surface area contributed by atoms with E-state index in [9.17, 15) is 18.6 Å². The monoisotopic (exact) mass is 562 g/mol. The lowest BCUT2D eigenvalue weighted by Gasteiger charge is -2.21. The zero-order valence-corrected chi connectivity index (χ0v) is 22.0. The number of nitrogens with two attached hydrogens (primary N) is 1. The molecule has 1 aliphatic carbocycles. The number of hydrogen-bond donors (Lipinski definition) is 4. The molecule has 0 spiro atoms. The van der Waals surface area contributed by atoms with Gasteiger partial charge in [-0.3, -0.25) is 4.98 Å². The van der Waals surface area contributed by atoms with Gasteiger partial charge in [0.2, 0.25) is 10.0 Å². The molecule has 0 bridgehead atoms. The van der Waals surface area contributed by atoms with Crippen molar-refractivity contribution in [1.29, 1.82) is 0 Å². The number of hydrogen-bond acceptors (Lipinski definition) is 8. The van der Waals surface area contributed by atoms with Crippen molar-refractivity contribution >= 4 is 48.9 Å². The number of thiophene rings is 1. The van der Waals surface area contributed by atoms with Gasteiger partial charge in [-0.2, -0.15) is 0 Å². The maximum absolute atomic E-state index is 15.2. The van der Waals surface area contributed by atoms with E-state index in [0.717, 1.165) is 15.6 Å². The van der Waals surface area contributed by atoms with Crippen LogP contribution >= 0.6 is 22.9 Å². The Bertz CT molecular complexity index is 1610. The van der Waals surface area contributed by atoms with E-state index in [1.54, 1.807) is 24.4 Å². The van der Waals surface area contributed by atoms with Gasteiger partial charge < -0.3 is 15.9 Å². The first-order chi connectivity index (χ1) is 17.5. The van der Waals surface area contributed by atoms with Crippen molar-refractivity contribution < 1.29 is 23.0 Å². The molecular weight excluding hydrogens is 539 g/mol. The molecule has 194 valence electrons. The molecule has 37 heavy (non-hydrogen) atoms. The van der Waals surface area contributed by atoms with Crippen molar-refractivity contribution in [3.8, 4) is 11.3 Å². The first kappa shape index (κ1) is 26.0. The van der Waals surface area contributed by atoms with Crippen LogP contribution in [0.1, 0.15) is 41.8 Å². The molecule has 1 fully saturated rings. The Morgan fingerprint density at radius 2 is 2.05 bits per heavy atom. The minimum absolute atomic E-state index is 0.0477. The molecule has 1 saturated carbocycles. The molecule has 4 aromatic rings. The van der Waals surface area contributed by atoms with Crippen molar-refractivity contribution in [3.05, 3.63) is 75.6 Å². The maximum Gasteiger partial charge on any atom is 0.215 e. The molecule has 5 rings (SSSR count). The lowest BCUT2D eigenvalue weighted by atomic mass is 9.96. The Morgan fingerprint density at radius 3 is 2.76 bits per heavy atom. The second-order valence-corrected chi connectivity index (χ2v) is 12.7. The Labute approximate surface area is 222 Å².